The molecule has 1 atom stereocenters. The van der Waals surface area contributed by atoms with E-state index in [1.807, 2.05) is 34.1 Å². The molecule has 0 radical (unpaired) electrons. The van der Waals surface area contributed by atoms with E-state index >= 15 is 0 Å². The number of nitrogens with zero attached hydrogens (tertiary/aromatic N) is 2. The number of carbonyl (C=O) groups is 1. The van der Waals surface area contributed by atoms with Crippen LogP contribution in [0.15, 0.2) is 36.9 Å². The zero-order chi connectivity index (χ0) is 16.9. The molecule has 1 aromatic carbocycles. The average molecular weight is 345 g/mol. The Morgan fingerprint density at radius 2 is 2.08 bits per heavy atom. The van der Waals surface area contributed by atoms with Crippen LogP contribution >= 0.6 is 12.2 Å². The third-order valence-electron chi connectivity index (χ3n) is 4.36. The van der Waals surface area contributed by atoms with E-state index < -0.39 is 6.10 Å². The Kier molecular flexibility index (Phi) is 5.35. The maximum Gasteiger partial charge on any atom is 0.265 e. The van der Waals surface area contributed by atoms with Gasteiger partial charge >= 0.3 is 0 Å². The number of fused-ring (bicyclic) bond motifs is 1. The second-order valence-corrected chi connectivity index (χ2v) is 6.43. The molecule has 1 aromatic rings. The van der Waals surface area contributed by atoms with Gasteiger partial charge in [-0.3, -0.25) is 4.79 Å². The molecule has 1 amide bonds. The minimum absolute atomic E-state index is 0.0562. The first-order valence-corrected chi connectivity index (χ1v) is 8.82. The van der Waals surface area contributed by atoms with E-state index in [1.165, 1.54) is 6.42 Å². The van der Waals surface area contributed by atoms with Gasteiger partial charge in [0.25, 0.3) is 5.91 Å². The topological polar surface area (TPSA) is 44.8 Å². The Bertz CT molecular complexity index is 628. The maximum atomic E-state index is 12.8. The second-order valence-electron chi connectivity index (χ2n) is 6.05. The number of piperidine rings is 1. The van der Waals surface area contributed by atoms with E-state index in [9.17, 15) is 4.79 Å². The number of hydrogen-bond donors (Lipinski definition) is 1. The Labute approximate surface area is 148 Å². The summed E-state index contributed by atoms with van der Waals surface area (Å²) in [5, 5.41) is 3.73. The van der Waals surface area contributed by atoms with Gasteiger partial charge in [-0.05, 0) is 43.6 Å². The van der Waals surface area contributed by atoms with Crippen LogP contribution in [0.3, 0.4) is 0 Å². The van der Waals surface area contributed by atoms with Crippen molar-refractivity contribution < 1.29 is 9.53 Å². The molecular formula is C18H23N3O2S. The summed E-state index contributed by atoms with van der Waals surface area (Å²) in [5.74, 6) is 0.752. The number of para-hydroxylation sites is 2. The first-order valence-electron chi connectivity index (χ1n) is 8.41. The molecule has 0 bridgehead atoms. The van der Waals surface area contributed by atoms with Crippen molar-refractivity contribution in [2.75, 3.05) is 31.1 Å². The van der Waals surface area contributed by atoms with Gasteiger partial charge in [-0.2, -0.15) is 0 Å². The highest BCUT2D eigenvalue weighted by Crippen LogP contribution is 2.33. The fourth-order valence-electron chi connectivity index (χ4n) is 3.13. The lowest BCUT2D eigenvalue weighted by Crippen LogP contribution is -2.54. The van der Waals surface area contributed by atoms with Gasteiger partial charge in [-0.1, -0.05) is 18.2 Å². The zero-order valence-corrected chi connectivity index (χ0v) is 14.6. The lowest BCUT2D eigenvalue weighted by Gasteiger charge is -2.38. The summed E-state index contributed by atoms with van der Waals surface area (Å²) in [4.78, 5) is 16.7. The predicted octanol–water partition coefficient (Wildman–Crippen LogP) is 2.33. The molecule has 1 N–H and O–H groups in total. The Morgan fingerprint density at radius 3 is 2.83 bits per heavy atom. The van der Waals surface area contributed by atoms with Crippen molar-refractivity contribution in [3.8, 4) is 5.75 Å². The van der Waals surface area contributed by atoms with Crippen molar-refractivity contribution in [2.24, 2.45) is 0 Å². The predicted molar refractivity (Wildman–Crippen MR) is 99.4 cm³/mol. The Morgan fingerprint density at radius 1 is 1.33 bits per heavy atom. The average Bonchev–Trinajstić information content (AvgIpc) is 2.65. The highest BCUT2D eigenvalue weighted by atomic mass is 32.1. The molecule has 0 aliphatic carbocycles. The third-order valence-corrected chi connectivity index (χ3v) is 4.72. The summed E-state index contributed by atoms with van der Waals surface area (Å²) in [6.45, 7) is 6.35. The molecule has 0 aromatic heterocycles. The molecule has 3 rings (SSSR count). The van der Waals surface area contributed by atoms with Crippen LogP contribution in [-0.2, 0) is 4.79 Å². The molecule has 5 nitrogen and oxygen atoms in total. The van der Waals surface area contributed by atoms with Crippen LogP contribution in [0.1, 0.15) is 19.3 Å². The molecule has 0 spiro atoms. The van der Waals surface area contributed by atoms with E-state index in [2.05, 4.69) is 11.9 Å². The standard InChI is InChI=1S/C18H23N3O2S/c1-2-10-19-18(24)21-13-16(17(22)20-11-6-3-7-12-20)23-15-9-5-4-8-14(15)21/h2,4-5,8-9,16H,1,3,6-7,10-13H2,(H,19,24)/t16-/m0/s1. The Hall–Kier alpha value is -2.08. The van der Waals surface area contributed by atoms with Crippen molar-refractivity contribution in [3.63, 3.8) is 0 Å². The highest BCUT2D eigenvalue weighted by Gasteiger charge is 2.35. The fraction of sp³-hybridized carbons (Fsp3) is 0.444. The minimum Gasteiger partial charge on any atom is -0.476 e. The van der Waals surface area contributed by atoms with E-state index in [1.54, 1.807) is 6.08 Å². The van der Waals surface area contributed by atoms with Crippen LogP contribution in [-0.4, -0.2) is 48.2 Å². The number of anilines is 1. The maximum absolute atomic E-state index is 12.8. The van der Waals surface area contributed by atoms with E-state index in [-0.39, 0.29) is 5.91 Å². The van der Waals surface area contributed by atoms with Crippen LogP contribution in [0.25, 0.3) is 0 Å². The zero-order valence-electron chi connectivity index (χ0n) is 13.7. The van der Waals surface area contributed by atoms with Crippen molar-refractivity contribution in [1.29, 1.82) is 0 Å². The van der Waals surface area contributed by atoms with Crippen molar-refractivity contribution in [3.05, 3.63) is 36.9 Å². The minimum atomic E-state index is -0.526. The molecule has 2 heterocycles. The molecule has 2 aliphatic heterocycles. The summed E-state index contributed by atoms with van der Waals surface area (Å²) >= 11 is 5.50. The van der Waals surface area contributed by atoms with Crippen molar-refractivity contribution >= 4 is 28.9 Å². The van der Waals surface area contributed by atoms with E-state index in [4.69, 9.17) is 17.0 Å². The van der Waals surface area contributed by atoms with Crippen LogP contribution < -0.4 is 15.0 Å². The molecule has 128 valence electrons. The molecule has 0 saturated carbocycles. The smallest absolute Gasteiger partial charge is 0.265 e. The monoisotopic (exact) mass is 345 g/mol. The van der Waals surface area contributed by atoms with Crippen LogP contribution in [0.4, 0.5) is 5.69 Å². The number of hydrogen-bond acceptors (Lipinski definition) is 3. The largest absolute Gasteiger partial charge is 0.476 e. The van der Waals surface area contributed by atoms with Crippen LogP contribution in [0, 0.1) is 0 Å². The van der Waals surface area contributed by atoms with Crippen molar-refractivity contribution in [2.45, 2.75) is 25.4 Å². The van der Waals surface area contributed by atoms with Crippen molar-refractivity contribution in [1.82, 2.24) is 10.2 Å². The van der Waals surface area contributed by atoms with Gasteiger partial charge in [0.15, 0.2) is 11.2 Å². The van der Waals surface area contributed by atoms with Crippen LogP contribution in [0.2, 0.25) is 0 Å². The molecule has 0 unspecified atom stereocenters. The van der Waals surface area contributed by atoms with Gasteiger partial charge in [0.05, 0.1) is 12.2 Å². The normalized spacial score (nSPS) is 19.9. The first kappa shape index (κ1) is 16.8. The summed E-state index contributed by atoms with van der Waals surface area (Å²) in [5.41, 5.74) is 0.891. The van der Waals surface area contributed by atoms with Crippen LogP contribution in [0.5, 0.6) is 5.75 Å². The quantitative estimate of drug-likeness (QED) is 0.673. The van der Waals surface area contributed by atoms with Gasteiger partial charge in [0, 0.05) is 19.6 Å². The number of amides is 1. The highest BCUT2D eigenvalue weighted by molar-refractivity contribution is 7.80. The summed E-state index contributed by atoms with van der Waals surface area (Å²) in [6.07, 6.45) is 4.56. The third kappa shape index (κ3) is 3.53. The number of nitrogens with one attached hydrogen (secondary N) is 1. The molecule has 2 aliphatic rings. The lowest BCUT2D eigenvalue weighted by molar-refractivity contribution is -0.139. The molecular weight excluding hydrogens is 322 g/mol. The van der Waals surface area contributed by atoms with Gasteiger partial charge in [0.2, 0.25) is 0 Å². The number of rotatable bonds is 3. The molecule has 1 fully saturated rings. The van der Waals surface area contributed by atoms with E-state index in [0.717, 1.165) is 31.6 Å². The number of benzene rings is 1. The van der Waals surface area contributed by atoms with Gasteiger partial charge in [-0.25, -0.2) is 0 Å². The molecule has 1 saturated heterocycles. The number of likely N-dealkylation sites (tertiary alicyclic amines) is 1. The number of ether oxygens (including phenoxy) is 1. The fourth-order valence-corrected chi connectivity index (χ4v) is 3.38. The number of thiocarbonyl (C=S) groups is 1. The first-order chi connectivity index (χ1) is 11.7. The van der Waals surface area contributed by atoms with Gasteiger partial charge in [-0.15, -0.1) is 6.58 Å². The summed E-state index contributed by atoms with van der Waals surface area (Å²) in [6, 6.07) is 7.69. The molecule has 6 heteroatoms. The lowest BCUT2D eigenvalue weighted by atomic mass is 10.1. The summed E-state index contributed by atoms with van der Waals surface area (Å²) < 4.78 is 5.99. The van der Waals surface area contributed by atoms with Gasteiger partial charge < -0.3 is 19.9 Å². The second kappa shape index (κ2) is 7.66. The number of carbonyl (C=O) groups excluding carboxylic acids is 1. The van der Waals surface area contributed by atoms with E-state index in [0.29, 0.717) is 24.0 Å². The Balaban J connectivity index is 1.80. The van der Waals surface area contributed by atoms with Gasteiger partial charge in [0.1, 0.15) is 5.75 Å². The summed E-state index contributed by atoms with van der Waals surface area (Å²) in [7, 11) is 0. The molecule has 24 heavy (non-hydrogen) atoms. The SMILES string of the molecule is C=CCNC(=S)N1C[C@@H](C(=O)N2CCCCC2)Oc2ccccc21.